The van der Waals surface area contributed by atoms with Crippen LogP contribution in [0.5, 0.6) is 5.75 Å². The van der Waals surface area contributed by atoms with Crippen LogP contribution < -0.4 is 10.5 Å². The van der Waals surface area contributed by atoms with Crippen LogP contribution in [0.1, 0.15) is 29.0 Å². The Hall–Kier alpha value is -2.03. The number of anilines is 1. The maximum atomic E-state index is 13.4. The highest BCUT2D eigenvalue weighted by atomic mass is 19.1. The van der Waals surface area contributed by atoms with Gasteiger partial charge in [0.1, 0.15) is 11.6 Å². The molecule has 0 spiro atoms. The number of halogens is 1. The summed E-state index contributed by atoms with van der Waals surface area (Å²) in [6.45, 7) is 0. The molecule has 2 nitrogen and oxygen atoms in total. The van der Waals surface area contributed by atoms with Gasteiger partial charge < -0.3 is 10.5 Å². The summed E-state index contributed by atoms with van der Waals surface area (Å²) in [6.07, 6.45) is 2.88. The Labute approximate surface area is 118 Å². The number of aryl methyl sites for hydroxylation is 1. The van der Waals surface area contributed by atoms with Crippen LogP contribution in [0.4, 0.5) is 10.1 Å². The lowest BCUT2D eigenvalue weighted by molar-refractivity contribution is 0.413. The Kier molecular flexibility index (Phi) is 3.35. The molecule has 0 amide bonds. The highest BCUT2D eigenvalue weighted by Crippen LogP contribution is 2.36. The summed E-state index contributed by atoms with van der Waals surface area (Å²) in [7, 11) is 1.68. The molecule has 1 atom stereocenters. The van der Waals surface area contributed by atoms with E-state index in [1.807, 2.05) is 6.07 Å². The summed E-state index contributed by atoms with van der Waals surface area (Å²) in [4.78, 5) is 0. The van der Waals surface area contributed by atoms with Crippen molar-refractivity contribution in [1.29, 1.82) is 0 Å². The van der Waals surface area contributed by atoms with Gasteiger partial charge >= 0.3 is 0 Å². The number of nitrogen functional groups attached to an aromatic ring is 1. The predicted octanol–water partition coefficient (Wildman–Crippen LogP) is 3.69. The topological polar surface area (TPSA) is 35.2 Å². The van der Waals surface area contributed by atoms with Crippen molar-refractivity contribution >= 4 is 5.69 Å². The van der Waals surface area contributed by atoms with Gasteiger partial charge in [0.2, 0.25) is 0 Å². The number of nitrogens with two attached hydrogens (primary N) is 1. The molecule has 0 bridgehead atoms. The van der Waals surface area contributed by atoms with Crippen LogP contribution in [-0.4, -0.2) is 7.11 Å². The van der Waals surface area contributed by atoms with Crippen LogP contribution in [0.15, 0.2) is 36.4 Å². The number of ether oxygens (including phenoxy) is 1. The van der Waals surface area contributed by atoms with Crippen LogP contribution in [0.25, 0.3) is 0 Å². The molecule has 3 heteroatoms. The summed E-state index contributed by atoms with van der Waals surface area (Å²) in [5.74, 6) is 0.980. The number of hydrogen-bond donors (Lipinski definition) is 1. The molecule has 3 rings (SSSR count). The second-order valence-corrected chi connectivity index (χ2v) is 5.35. The molecule has 0 radical (unpaired) electrons. The van der Waals surface area contributed by atoms with E-state index in [4.69, 9.17) is 10.5 Å². The molecule has 104 valence electrons. The van der Waals surface area contributed by atoms with Crippen molar-refractivity contribution in [2.24, 2.45) is 0 Å². The first-order chi connectivity index (χ1) is 9.67. The SMILES string of the molecule is COc1ccc2c(c1)CCC(c1cc(F)ccc1N)C2. The van der Waals surface area contributed by atoms with Crippen molar-refractivity contribution in [3.63, 3.8) is 0 Å². The summed E-state index contributed by atoms with van der Waals surface area (Å²) in [5, 5.41) is 0. The molecule has 2 N–H and O–H groups in total. The van der Waals surface area contributed by atoms with E-state index < -0.39 is 0 Å². The predicted molar refractivity (Wildman–Crippen MR) is 78.6 cm³/mol. The maximum absolute atomic E-state index is 13.4. The van der Waals surface area contributed by atoms with Gasteiger partial charge in [-0.3, -0.25) is 0 Å². The van der Waals surface area contributed by atoms with E-state index >= 15 is 0 Å². The fraction of sp³-hybridized carbons (Fsp3) is 0.294. The molecule has 0 saturated carbocycles. The van der Waals surface area contributed by atoms with Gasteiger partial charge in [0.05, 0.1) is 7.11 Å². The van der Waals surface area contributed by atoms with E-state index in [0.29, 0.717) is 11.6 Å². The summed E-state index contributed by atoms with van der Waals surface area (Å²) in [6, 6.07) is 10.8. The van der Waals surface area contributed by atoms with Crippen molar-refractivity contribution in [3.05, 3.63) is 58.9 Å². The van der Waals surface area contributed by atoms with Gasteiger partial charge in [-0.05, 0) is 72.2 Å². The van der Waals surface area contributed by atoms with Gasteiger partial charge in [0.15, 0.2) is 0 Å². The minimum absolute atomic E-state index is 0.213. The molecule has 20 heavy (non-hydrogen) atoms. The average molecular weight is 271 g/mol. The van der Waals surface area contributed by atoms with Gasteiger partial charge in [-0.2, -0.15) is 0 Å². The number of benzene rings is 2. The number of hydrogen-bond acceptors (Lipinski definition) is 2. The van der Waals surface area contributed by atoms with E-state index in [2.05, 4.69) is 12.1 Å². The van der Waals surface area contributed by atoms with Crippen molar-refractivity contribution in [2.45, 2.75) is 25.2 Å². The Morgan fingerprint density at radius 2 is 2.00 bits per heavy atom. The van der Waals surface area contributed by atoms with E-state index in [0.717, 1.165) is 30.6 Å². The first-order valence-corrected chi connectivity index (χ1v) is 6.88. The highest BCUT2D eigenvalue weighted by molar-refractivity contribution is 5.50. The fourth-order valence-electron chi connectivity index (χ4n) is 3.02. The second-order valence-electron chi connectivity index (χ2n) is 5.35. The van der Waals surface area contributed by atoms with Gasteiger partial charge in [-0.1, -0.05) is 6.07 Å². The largest absolute Gasteiger partial charge is 0.497 e. The Balaban J connectivity index is 1.90. The van der Waals surface area contributed by atoms with Crippen LogP contribution in [0.3, 0.4) is 0 Å². The van der Waals surface area contributed by atoms with Gasteiger partial charge in [-0.15, -0.1) is 0 Å². The van der Waals surface area contributed by atoms with E-state index in [9.17, 15) is 4.39 Å². The number of methoxy groups -OCH3 is 1. The molecular weight excluding hydrogens is 253 g/mol. The van der Waals surface area contributed by atoms with Gasteiger partial charge in [0, 0.05) is 5.69 Å². The Bertz CT molecular complexity index is 639. The zero-order valence-corrected chi connectivity index (χ0v) is 11.5. The lowest BCUT2D eigenvalue weighted by Gasteiger charge is -2.26. The monoisotopic (exact) mass is 271 g/mol. The van der Waals surface area contributed by atoms with Gasteiger partial charge in [-0.25, -0.2) is 4.39 Å². The Morgan fingerprint density at radius 3 is 2.80 bits per heavy atom. The summed E-state index contributed by atoms with van der Waals surface area (Å²) < 4.78 is 18.7. The van der Waals surface area contributed by atoms with Crippen molar-refractivity contribution in [3.8, 4) is 5.75 Å². The zero-order valence-electron chi connectivity index (χ0n) is 11.5. The summed E-state index contributed by atoms with van der Waals surface area (Å²) in [5.41, 5.74) is 10.3. The first kappa shape index (κ1) is 13.0. The molecular formula is C17H18FNO. The van der Waals surface area contributed by atoms with E-state index in [-0.39, 0.29) is 5.82 Å². The molecule has 1 unspecified atom stereocenters. The molecule has 2 aromatic rings. The number of rotatable bonds is 2. The second kappa shape index (κ2) is 5.16. The van der Waals surface area contributed by atoms with Crippen LogP contribution in [0.2, 0.25) is 0 Å². The molecule has 0 saturated heterocycles. The van der Waals surface area contributed by atoms with Crippen molar-refractivity contribution in [1.82, 2.24) is 0 Å². The Morgan fingerprint density at radius 1 is 1.15 bits per heavy atom. The lowest BCUT2D eigenvalue weighted by Crippen LogP contribution is -2.14. The minimum Gasteiger partial charge on any atom is -0.497 e. The molecule has 1 aliphatic rings. The van der Waals surface area contributed by atoms with E-state index in [1.54, 1.807) is 19.2 Å². The third kappa shape index (κ3) is 2.36. The average Bonchev–Trinajstić information content (AvgIpc) is 2.48. The first-order valence-electron chi connectivity index (χ1n) is 6.88. The molecule has 0 aromatic heterocycles. The molecule has 1 aliphatic carbocycles. The minimum atomic E-state index is -0.213. The summed E-state index contributed by atoms with van der Waals surface area (Å²) >= 11 is 0. The van der Waals surface area contributed by atoms with Crippen molar-refractivity contribution in [2.75, 3.05) is 12.8 Å². The molecule has 2 aromatic carbocycles. The van der Waals surface area contributed by atoms with Crippen LogP contribution >= 0.6 is 0 Å². The maximum Gasteiger partial charge on any atom is 0.123 e. The quantitative estimate of drug-likeness (QED) is 0.845. The van der Waals surface area contributed by atoms with Crippen LogP contribution in [-0.2, 0) is 12.8 Å². The van der Waals surface area contributed by atoms with Gasteiger partial charge in [0.25, 0.3) is 0 Å². The van der Waals surface area contributed by atoms with Crippen LogP contribution in [0, 0.1) is 5.82 Å². The molecule has 0 aliphatic heterocycles. The lowest BCUT2D eigenvalue weighted by atomic mass is 9.79. The van der Waals surface area contributed by atoms with E-state index in [1.165, 1.54) is 17.2 Å². The smallest absolute Gasteiger partial charge is 0.123 e. The molecule has 0 heterocycles. The third-order valence-electron chi connectivity index (χ3n) is 4.13. The molecule has 0 fully saturated rings. The third-order valence-corrected chi connectivity index (χ3v) is 4.13. The normalized spacial score (nSPS) is 17.6. The van der Waals surface area contributed by atoms with Crippen molar-refractivity contribution < 1.29 is 9.13 Å². The standard InChI is InChI=1S/C17H18FNO/c1-20-15-6-4-11-8-13(3-2-12(11)9-15)16-10-14(18)5-7-17(16)19/h4-7,9-10,13H,2-3,8,19H2,1H3. The zero-order chi connectivity index (χ0) is 14.1. The highest BCUT2D eigenvalue weighted by Gasteiger charge is 2.22. The number of fused-ring (bicyclic) bond motifs is 1. The fourth-order valence-corrected chi connectivity index (χ4v) is 3.02.